The number of nitrogens with zero attached hydrogens (tertiary/aromatic N) is 2. The average Bonchev–Trinajstić information content (AvgIpc) is 3.05. The molecular weight excluding hydrogens is 342 g/mol. The van der Waals surface area contributed by atoms with Crippen molar-refractivity contribution in [1.29, 1.82) is 0 Å². The van der Waals surface area contributed by atoms with Crippen molar-refractivity contribution >= 4 is 35.0 Å². The zero-order valence-corrected chi connectivity index (χ0v) is 14.6. The van der Waals surface area contributed by atoms with Gasteiger partial charge in [0.2, 0.25) is 5.91 Å². The number of carbonyl (C=O) groups is 1. The number of nitrogens with one attached hydrogen (secondary N) is 1. The highest BCUT2D eigenvalue weighted by Crippen LogP contribution is 2.26. The van der Waals surface area contributed by atoms with Gasteiger partial charge < -0.3 is 5.32 Å². The van der Waals surface area contributed by atoms with E-state index in [-0.39, 0.29) is 11.7 Å². The van der Waals surface area contributed by atoms with Crippen LogP contribution >= 0.6 is 23.4 Å². The number of aromatic nitrogens is 2. The summed E-state index contributed by atoms with van der Waals surface area (Å²) < 4.78 is 1.95. The maximum Gasteiger partial charge on any atom is 0.234 e. The number of rotatable bonds is 5. The third-order valence-electron chi connectivity index (χ3n) is 3.50. The van der Waals surface area contributed by atoms with Crippen molar-refractivity contribution in [3.05, 3.63) is 71.5 Å². The monoisotopic (exact) mass is 357 g/mol. The van der Waals surface area contributed by atoms with Crippen molar-refractivity contribution in [2.24, 2.45) is 0 Å². The van der Waals surface area contributed by atoms with Gasteiger partial charge in [-0.25, -0.2) is 4.98 Å². The molecule has 2 aromatic carbocycles. The lowest BCUT2D eigenvalue weighted by Crippen LogP contribution is -2.14. The van der Waals surface area contributed by atoms with Crippen molar-refractivity contribution in [2.75, 3.05) is 11.1 Å². The first-order valence-electron chi connectivity index (χ1n) is 7.41. The molecule has 0 saturated heterocycles. The van der Waals surface area contributed by atoms with Crippen LogP contribution in [0.15, 0.2) is 66.1 Å². The summed E-state index contributed by atoms with van der Waals surface area (Å²) in [4.78, 5) is 16.4. The summed E-state index contributed by atoms with van der Waals surface area (Å²) in [7, 11) is 0. The van der Waals surface area contributed by atoms with Gasteiger partial charge in [-0.15, -0.1) is 0 Å². The molecule has 3 rings (SSSR count). The Balaban J connectivity index is 1.70. The standard InChI is InChI=1S/C18H16ClN3OS/c1-13-15(19)8-5-9-16(13)22-11-10-20-18(22)24-12-17(23)21-14-6-3-2-4-7-14/h2-11H,12H2,1H3,(H,21,23). The number of benzene rings is 2. The van der Waals surface area contributed by atoms with E-state index in [0.29, 0.717) is 5.02 Å². The van der Waals surface area contributed by atoms with E-state index < -0.39 is 0 Å². The third kappa shape index (κ3) is 3.80. The van der Waals surface area contributed by atoms with Gasteiger partial charge in [0.05, 0.1) is 11.4 Å². The molecule has 3 aromatic rings. The summed E-state index contributed by atoms with van der Waals surface area (Å²) in [5, 5.41) is 4.33. The van der Waals surface area contributed by atoms with Gasteiger partial charge in [0.25, 0.3) is 0 Å². The molecule has 0 aliphatic heterocycles. The minimum absolute atomic E-state index is 0.0661. The number of carbonyl (C=O) groups excluding carboxylic acids is 1. The first-order chi connectivity index (χ1) is 11.6. The van der Waals surface area contributed by atoms with Crippen LogP contribution < -0.4 is 5.32 Å². The first-order valence-corrected chi connectivity index (χ1v) is 8.78. The van der Waals surface area contributed by atoms with Gasteiger partial charge in [-0.3, -0.25) is 9.36 Å². The first kappa shape index (κ1) is 16.6. The minimum atomic E-state index is -0.0661. The van der Waals surface area contributed by atoms with E-state index in [9.17, 15) is 4.79 Å². The maximum absolute atomic E-state index is 12.1. The van der Waals surface area contributed by atoms with Crippen molar-refractivity contribution in [3.8, 4) is 5.69 Å². The molecule has 0 aliphatic rings. The second kappa shape index (κ2) is 7.55. The lowest BCUT2D eigenvalue weighted by molar-refractivity contribution is -0.113. The van der Waals surface area contributed by atoms with Crippen molar-refractivity contribution < 1.29 is 4.79 Å². The van der Waals surface area contributed by atoms with Gasteiger partial charge in [-0.1, -0.05) is 47.6 Å². The largest absolute Gasteiger partial charge is 0.325 e. The minimum Gasteiger partial charge on any atom is -0.325 e. The molecule has 0 aliphatic carbocycles. The predicted octanol–water partition coefficient (Wildman–Crippen LogP) is 4.56. The van der Waals surface area contributed by atoms with E-state index in [1.807, 2.05) is 66.2 Å². The second-order valence-corrected chi connectivity index (χ2v) is 6.52. The molecule has 0 unspecified atom stereocenters. The Hall–Kier alpha value is -2.24. The van der Waals surface area contributed by atoms with Gasteiger partial charge in [-0.05, 0) is 36.8 Å². The van der Waals surface area contributed by atoms with Crippen molar-refractivity contribution in [2.45, 2.75) is 12.1 Å². The van der Waals surface area contributed by atoms with Crippen molar-refractivity contribution in [1.82, 2.24) is 9.55 Å². The second-order valence-electron chi connectivity index (χ2n) is 5.17. The highest BCUT2D eigenvalue weighted by atomic mass is 35.5. The van der Waals surface area contributed by atoms with E-state index in [2.05, 4.69) is 10.3 Å². The fourth-order valence-electron chi connectivity index (χ4n) is 2.29. The van der Waals surface area contributed by atoms with Crippen LogP contribution in [0.3, 0.4) is 0 Å². The van der Waals surface area contributed by atoms with E-state index in [4.69, 9.17) is 11.6 Å². The lowest BCUT2D eigenvalue weighted by Gasteiger charge is -2.11. The molecule has 0 atom stereocenters. The summed E-state index contributed by atoms with van der Waals surface area (Å²) >= 11 is 7.58. The number of para-hydroxylation sites is 1. The number of thioether (sulfide) groups is 1. The molecule has 6 heteroatoms. The summed E-state index contributed by atoms with van der Waals surface area (Å²) in [6, 6.07) is 15.1. The number of hydrogen-bond acceptors (Lipinski definition) is 3. The topological polar surface area (TPSA) is 46.9 Å². The van der Waals surface area contributed by atoms with Gasteiger partial charge in [0.1, 0.15) is 0 Å². The highest BCUT2D eigenvalue weighted by Gasteiger charge is 2.11. The molecule has 0 bridgehead atoms. The summed E-state index contributed by atoms with van der Waals surface area (Å²) in [5.41, 5.74) is 2.73. The fourth-order valence-corrected chi connectivity index (χ4v) is 3.22. The molecule has 122 valence electrons. The predicted molar refractivity (Wildman–Crippen MR) is 99.1 cm³/mol. The normalized spacial score (nSPS) is 10.6. The molecular formula is C18H16ClN3OS. The molecule has 1 N–H and O–H groups in total. The Bertz CT molecular complexity index is 848. The van der Waals surface area contributed by atoms with E-state index in [1.54, 1.807) is 6.20 Å². The summed E-state index contributed by atoms with van der Waals surface area (Å²) in [6.07, 6.45) is 3.59. The smallest absolute Gasteiger partial charge is 0.234 e. The Kier molecular flexibility index (Phi) is 5.23. The van der Waals surface area contributed by atoms with Gasteiger partial charge >= 0.3 is 0 Å². The van der Waals surface area contributed by atoms with Crippen LogP contribution in [0.5, 0.6) is 0 Å². The molecule has 4 nitrogen and oxygen atoms in total. The zero-order valence-electron chi connectivity index (χ0n) is 13.1. The number of amides is 1. The number of halogens is 1. The lowest BCUT2D eigenvalue weighted by atomic mass is 10.2. The molecule has 1 amide bonds. The van der Waals surface area contributed by atoms with Crippen LogP contribution in [0.25, 0.3) is 5.69 Å². The van der Waals surface area contributed by atoms with Crippen LogP contribution in [0, 0.1) is 6.92 Å². The molecule has 1 aromatic heterocycles. The Morgan fingerprint density at radius 3 is 2.79 bits per heavy atom. The Morgan fingerprint density at radius 1 is 1.21 bits per heavy atom. The summed E-state index contributed by atoms with van der Waals surface area (Å²) in [5.74, 6) is 0.217. The van der Waals surface area contributed by atoms with E-state index in [0.717, 1.165) is 22.1 Å². The highest BCUT2D eigenvalue weighted by molar-refractivity contribution is 7.99. The molecule has 0 fully saturated rings. The van der Waals surface area contributed by atoms with Crippen LogP contribution in [-0.4, -0.2) is 21.2 Å². The zero-order chi connectivity index (χ0) is 16.9. The van der Waals surface area contributed by atoms with Crippen LogP contribution in [-0.2, 0) is 4.79 Å². The molecule has 0 radical (unpaired) electrons. The Morgan fingerprint density at radius 2 is 2.00 bits per heavy atom. The maximum atomic E-state index is 12.1. The van der Waals surface area contributed by atoms with Crippen LogP contribution in [0.4, 0.5) is 5.69 Å². The number of anilines is 1. The molecule has 1 heterocycles. The number of imidazole rings is 1. The third-order valence-corrected chi connectivity index (χ3v) is 4.87. The van der Waals surface area contributed by atoms with Crippen molar-refractivity contribution in [3.63, 3.8) is 0 Å². The van der Waals surface area contributed by atoms with Gasteiger partial charge in [0, 0.05) is 23.1 Å². The van der Waals surface area contributed by atoms with E-state index in [1.165, 1.54) is 11.8 Å². The average molecular weight is 358 g/mol. The van der Waals surface area contributed by atoms with E-state index >= 15 is 0 Å². The van der Waals surface area contributed by atoms with Gasteiger partial charge in [-0.2, -0.15) is 0 Å². The molecule has 24 heavy (non-hydrogen) atoms. The van der Waals surface area contributed by atoms with Gasteiger partial charge in [0.15, 0.2) is 5.16 Å². The SMILES string of the molecule is Cc1c(Cl)cccc1-n1ccnc1SCC(=O)Nc1ccccc1. The number of hydrogen-bond donors (Lipinski definition) is 1. The quantitative estimate of drug-likeness (QED) is 0.680. The van der Waals surface area contributed by atoms with Crippen LogP contribution in [0.2, 0.25) is 5.02 Å². The Labute approximate surface area is 149 Å². The molecule has 0 saturated carbocycles. The van der Waals surface area contributed by atoms with Crippen LogP contribution in [0.1, 0.15) is 5.56 Å². The summed E-state index contributed by atoms with van der Waals surface area (Å²) in [6.45, 7) is 1.97. The fraction of sp³-hybridized carbons (Fsp3) is 0.111. The molecule has 0 spiro atoms.